The number of carboxylic acid groups (broad SMARTS) is 1. The number of hydrogen-bond donors (Lipinski definition) is 6. The quantitative estimate of drug-likeness (QED) is 0.0871. The fourth-order valence-corrected chi connectivity index (χ4v) is 6.24. The molecule has 0 radical (unpaired) electrons. The van der Waals surface area contributed by atoms with Gasteiger partial charge in [-0.15, -0.1) is 11.8 Å². The van der Waals surface area contributed by atoms with Crippen LogP contribution in [-0.2, 0) is 32.0 Å². The fraction of sp³-hybridized carbons (Fsp3) is 0.481. The number of ether oxygens (including phenoxy) is 1. The minimum atomic E-state index is -4.10. The molecule has 3 heterocycles. The molecule has 0 fully saturated rings. The van der Waals surface area contributed by atoms with Gasteiger partial charge in [0.15, 0.2) is 0 Å². The molecule has 6 N–H and O–H groups in total. The predicted molar refractivity (Wildman–Crippen MR) is 190 cm³/mol. The topological polar surface area (TPSA) is 259 Å². The van der Waals surface area contributed by atoms with Gasteiger partial charge in [0, 0.05) is 24.5 Å². The first-order chi connectivity index (χ1) is 23.9. The zero-order chi connectivity index (χ0) is 38.4. The predicted octanol–water partition coefficient (Wildman–Crippen LogP) is 3.26. The van der Waals surface area contributed by atoms with Crippen LogP contribution in [0.15, 0.2) is 26.8 Å². The maximum Gasteiger partial charge on any atom is 0.339 e. The zero-order valence-corrected chi connectivity index (χ0v) is 31.8. The maximum absolute atomic E-state index is 14.3. The molecule has 2 aromatic heterocycles. The standard InChI is InChI=1S/C15H15ClFN3O3S2.C9H13ClN6.C3H8NO5P/c1-23-13(21)8-24-12-7-11(10(17)6-9(12)16)18-14-19-4-2-3-5-20(19)15(22)25-14;1-4-12-7-13-6(10)14-8(15-7)16-9(2,3)5-11;5-3(6)1-4-2-10(7,8)9/h6-7H,2-5,8H2,1H3;4H2,1-3H3,(H2,12,13,14,15,16);4H,1-2H2,(H,5,6)(H2,7,8,9)/b18-14-;;. The molecule has 18 nitrogen and oxygen atoms in total. The molecule has 280 valence electrons. The van der Waals surface area contributed by atoms with Crippen LogP contribution in [0.4, 0.5) is 22.0 Å². The molecule has 0 saturated carbocycles. The van der Waals surface area contributed by atoms with Crippen LogP contribution in [0, 0.1) is 17.1 Å². The summed E-state index contributed by atoms with van der Waals surface area (Å²) in [5.41, 5.74) is -0.673. The van der Waals surface area contributed by atoms with Gasteiger partial charge in [0.25, 0.3) is 0 Å². The van der Waals surface area contributed by atoms with E-state index in [4.69, 9.17) is 43.4 Å². The van der Waals surface area contributed by atoms with E-state index < -0.39 is 43.7 Å². The molecule has 24 heteroatoms. The van der Waals surface area contributed by atoms with E-state index in [0.29, 0.717) is 35.3 Å². The summed E-state index contributed by atoms with van der Waals surface area (Å²) in [5, 5.41) is 25.0. The van der Waals surface area contributed by atoms with Crippen LogP contribution in [0.1, 0.15) is 33.6 Å². The summed E-state index contributed by atoms with van der Waals surface area (Å²) in [6, 6.07) is 4.73. The highest BCUT2D eigenvalue weighted by atomic mass is 35.5. The summed E-state index contributed by atoms with van der Waals surface area (Å²) in [7, 11) is -2.80. The summed E-state index contributed by atoms with van der Waals surface area (Å²) >= 11 is 13.9. The molecule has 0 atom stereocenters. The Bertz CT molecular complexity index is 1900. The van der Waals surface area contributed by atoms with E-state index in [1.54, 1.807) is 23.2 Å². The number of fused-ring (bicyclic) bond motifs is 1. The number of aliphatic carboxylic acids is 1. The Kier molecular flexibility index (Phi) is 17.5. The van der Waals surface area contributed by atoms with Crippen LogP contribution in [0.25, 0.3) is 0 Å². The molecular weight excluding hydrogens is 777 g/mol. The Hall–Kier alpha value is -3.61. The van der Waals surface area contributed by atoms with Gasteiger partial charge in [-0.05, 0) is 68.7 Å². The normalized spacial score (nSPS) is 12.7. The Balaban J connectivity index is 0.000000297. The van der Waals surface area contributed by atoms with Crippen LogP contribution < -0.4 is 25.6 Å². The average molecular weight is 814 g/mol. The number of rotatable bonds is 12. The number of nitrogens with one attached hydrogen (secondary N) is 3. The maximum atomic E-state index is 14.3. The van der Waals surface area contributed by atoms with E-state index in [-0.39, 0.29) is 32.6 Å². The molecular formula is C27H36Cl2FN10O8PS2. The number of hydrogen-bond acceptors (Lipinski definition) is 15. The van der Waals surface area contributed by atoms with E-state index in [0.717, 1.165) is 42.0 Å². The number of halogens is 3. The minimum absolute atomic E-state index is 0.0605. The number of aromatic nitrogens is 5. The fourth-order valence-electron chi connectivity index (χ4n) is 3.69. The highest BCUT2D eigenvalue weighted by Gasteiger charge is 2.19. The van der Waals surface area contributed by atoms with Gasteiger partial charge in [-0.3, -0.25) is 28.9 Å². The number of thioether (sulfide) groups is 1. The summed E-state index contributed by atoms with van der Waals surface area (Å²) < 4.78 is 32.3. The van der Waals surface area contributed by atoms with Gasteiger partial charge < -0.3 is 30.3 Å². The second-order valence-electron chi connectivity index (χ2n) is 10.6. The number of anilines is 2. The highest BCUT2D eigenvalue weighted by Crippen LogP contribution is 2.33. The van der Waals surface area contributed by atoms with Crippen molar-refractivity contribution in [3.8, 4) is 6.07 Å². The molecule has 0 bridgehead atoms. The summed E-state index contributed by atoms with van der Waals surface area (Å²) in [6.45, 7) is 6.93. The summed E-state index contributed by atoms with van der Waals surface area (Å²) in [4.78, 5) is 66.5. The molecule has 0 unspecified atom stereocenters. The lowest BCUT2D eigenvalue weighted by Crippen LogP contribution is -2.31. The van der Waals surface area contributed by atoms with Crippen LogP contribution in [0.2, 0.25) is 10.3 Å². The van der Waals surface area contributed by atoms with Crippen molar-refractivity contribution in [1.29, 1.82) is 5.26 Å². The Morgan fingerprint density at radius 1 is 1.20 bits per heavy atom. The first-order valence-electron chi connectivity index (χ1n) is 14.7. The number of benzene rings is 1. The van der Waals surface area contributed by atoms with Crippen molar-refractivity contribution in [2.75, 3.05) is 42.9 Å². The zero-order valence-electron chi connectivity index (χ0n) is 27.7. The van der Waals surface area contributed by atoms with Crippen molar-refractivity contribution in [3.63, 3.8) is 0 Å². The largest absolute Gasteiger partial charge is 0.480 e. The highest BCUT2D eigenvalue weighted by molar-refractivity contribution is 8.00. The number of carboxylic acids is 1. The minimum Gasteiger partial charge on any atom is -0.480 e. The van der Waals surface area contributed by atoms with Gasteiger partial charge in [-0.2, -0.15) is 20.2 Å². The van der Waals surface area contributed by atoms with Crippen molar-refractivity contribution < 1.29 is 38.2 Å². The third-order valence-electron chi connectivity index (χ3n) is 5.92. The van der Waals surface area contributed by atoms with Gasteiger partial charge in [0.05, 0.1) is 36.8 Å². The molecule has 1 aliphatic rings. The molecule has 51 heavy (non-hydrogen) atoms. The van der Waals surface area contributed by atoms with Gasteiger partial charge in [-0.1, -0.05) is 11.6 Å². The summed E-state index contributed by atoms with van der Waals surface area (Å²) in [5.74, 6) is -1.40. The monoisotopic (exact) mass is 812 g/mol. The van der Waals surface area contributed by atoms with Gasteiger partial charge in [-0.25, -0.2) is 14.1 Å². The third kappa shape index (κ3) is 15.7. The van der Waals surface area contributed by atoms with Crippen LogP contribution >= 0.6 is 53.9 Å². The second-order valence-corrected chi connectivity index (χ2v) is 14.9. The number of carbonyl (C=O) groups is 2. The average Bonchev–Trinajstić information content (AvgIpc) is 3.35. The Morgan fingerprint density at radius 3 is 2.43 bits per heavy atom. The summed E-state index contributed by atoms with van der Waals surface area (Å²) in [6.07, 6.45) is 1.30. The number of nitriles is 1. The van der Waals surface area contributed by atoms with Crippen LogP contribution in [0.3, 0.4) is 0 Å². The number of methoxy groups -OCH3 is 1. The van der Waals surface area contributed by atoms with E-state index in [2.05, 4.69) is 46.7 Å². The molecule has 3 aromatic rings. The smallest absolute Gasteiger partial charge is 0.339 e. The molecule has 0 spiro atoms. The van der Waals surface area contributed by atoms with Crippen molar-refractivity contribution in [1.82, 2.24) is 29.6 Å². The van der Waals surface area contributed by atoms with Gasteiger partial charge in [0.1, 0.15) is 17.0 Å². The van der Waals surface area contributed by atoms with Crippen molar-refractivity contribution >= 4 is 83.4 Å². The number of esters is 1. The first kappa shape index (κ1) is 43.6. The lowest BCUT2D eigenvalue weighted by molar-refractivity contribution is -0.137. The molecule has 1 aromatic carbocycles. The second kappa shape index (κ2) is 20.4. The molecule has 0 amide bonds. The van der Waals surface area contributed by atoms with Crippen LogP contribution in [-0.4, -0.2) is 88.9 Å². The number of carbonyl (C=O) groups excluding carboxylic acids is 1. The molecule has 0 saturated heterocycles. The molecule has 4 rings (SSSR count). The Labute approximate surface area is 309 Å². The van der Waals surface area contributed by atoms with E-state index in [9.17, 15) is 23.3 Å². The van der Waals surface area contributed by atoms with E-state index >= 15 is 0 Å². The lowest BCUT2D eigenvalue weighted by Gasteiger charge is -2.17. The van der Waals surface area contributed by atoms with Crippen molar-refractivity contribution in [2.45, 2.75) is 57.1 Å². The molecule has 0 aliphatic carbocycles. The lowest BCUT2D eigenvalue weighted by atomic mass is 10.1. The van der Waals surface area contributed by atoms with E-state index in [1.807, 2.05) is 6.92 Å². The van der Waals surface area contributed by atoms with Gasteiger partial charge >= 0.3 is 24.4 Å². The van der Waals surface area contributed by atoms with E-state index in [1.165, 1.54) is 13.2 Å². The van der Waals surface area contributed by atoms with Crippen LogP contribution in [0.5, 0.6) is 0 Å². The molecule has 1 aliphatic heterocycles. The third-order valence-corrected chi connectivity index (χ3v) is 9.05. The Morgan fingerprint density at radius 2 is 1.84 bits per heavy atom. The van der Waals surface area contributed by atoms with Crippen molar-refractivity contribution in [2.24, 2.45) is 4.99 Å². The number of nitrogens with zero attached hydrogens (tertiary/aromatic N) is 7. The SMILES string of the molecule is CCNc1nc(Cl)nc(NC(C)(C)C#N)n1.COC(=O)CSc1cc(/N=c2\sc(=O)n3n2CCCC3)c(F)cc1Cl.O=C(O)CNCP(=O)(O)O. The first-order valence-corrected chi connectivity index (χ1v) is 19.1. The van der Waals surface area contributed by atoms with Gasteiger partial charge in [0.2, 0.25) is 22.0 Å². The van der Waals surface area contributed by atoms with Crippen molar-refractivity contribution in [3.05, 3.63) is 42.7 Å².